The van der Waals surface area contributed by atoms with E-state index in [1.54, 1.807) is 54.9 Å². The lowest BCUT2D eigenvalue weighted by Crippen LogP contribution is -2.29. The number of ketones is 1. The summed E-state index contributed by atoms with van der Waals surface area (Å²) in [5, 5.41) is 13.0. The van der Waals surface area contributed by atoms with Gasteiger partial charge in [-0.25, -0.2) is 4.98 Å². The standard InChI is InChI=1S/C20H16N2O5S/c1-11-6-7-14(27-11)16-15(17(23)12-4-3-5-13(10-12)26-2)18(24)19(25)22(16)20-21-8-9-28-20/h3-10,16,23H,1-2H3/b17-15+. The number of furan rings is 1. The number of methoxy groups -OCH3 is 1. The van der Waals surface area contributed by atoms with Crippen LogP contribution in [0.4, 0.5) is 5.13 Å². The zero-order chi connectivity index (χ0) is 19.8. The number of aromatic nitrogens is 1. The van der Waals surface area contributed by atoms with Crippen molar-refractivity contribution in [1.82, 2.24) is 4.98 Å². The summed E-state index contributed by atoms with van der Waals surface area (Å²) in [6.45, 7) is 1.77. The van der Waals surface area contributed by atoms with Crippen molar-refractivity contribution in [3.8, 4) is 5.75 Å². The molecule has 1 atom stereocenters. The Morgan fingerprint density at radius 1 is 1.29 bits per heavy atom. The van der Waals surface area contributed by atoms with Crippen molar-refractivity contribution in [1.29, 1.82) is 0 Å². The van der Waals surface area contributed by atoms with Crippen molar-refractivity contribution in [2.24, 2.45) is 0 Å². The average molecular weight is 396 g/mol. The van der Waals surface area contributed by atoms with Crippen molar-refractivity contribution in [2.45, 2.75) is 13.0 Å². The molecule has 4 rings (SSSR count). The summed E-state index contributed by atoms with van der Waals surface area (Å²) in [7, 11) is 1.51. The van der Waals surface area contributed by atoms with E-state index >= 15 is 0 Å². The fourth-order valence-corrected chi connectivity index (χ4v) is 3.83. The van der Waals surface area contributed by atoms with Gasteiger partial charge in [0.25, 0.3) is 5.78 Å². The molecule has 3 heterocycles. The molecule has 0 saturated carbocycles. The molecule has 0 bridgehead atoms. The minimum absolute atomic E-state index is 0.0530. The number of hydrogen-bond donors (Lipinski definition) is 1. The third-order valence-electron chi connectivity index (χ3n) is 4.44. The van der Waals surface area contributed by atoms with Crippen LogP contribution in [0.2, 0.25) is 0 Å². The lowest BCUT2D eigenvalue weighted by atomic mass is 9.99. The highest BCUT2D eigenvalue weighted by atomic mass is 32.1. The van der Waals surface area contributed by atoms with Crippen LogP contribution in [0.1, 0.15) is 23.1 Å². The van der Waals surface area contributed by atoms with Crippen LogP contribution in [0, 0.1) is 6.92 Å². The molecule has 1 fully saturated rings. The van der Waals surface area contributed by atoms with Gasteiger partial charge in [0, 0.05) is 17.1 Å². The van der Waals surface area contributed by atoms with Crippen molar-refractivity contribution in [3.63, 3.8) is 0 Å². The van der Waals surface area contributed by atoms with Crippen LogP contribution in [0.15, 0.2) is 58.0 Å². The predicted molar refractivity (Wildman–Crippen MR) is 103 cm³/mol. The Morgan fingerprint density at radius 2 is 2.11 bits per heavy atom. The first-order chi connectivity index (χ1) is 13.5. The van der Waals surface area contributed by atoms with Crippen molar-refractivity contribution < 1.29 is 23.8 Å². The molecule has 2 aromatic heterocycles. The molecule has 1 unspecified atom stereocenters. The van der Waals surface area contributed by atoms with Crippen LogP contribution in [-0.4, -0.2) is 28.9 Å². The zero-order valence-electron chi connectivity index (χ0n) is 15.1. The molecule has 8 heteroatoms. The number of aliphatic hydroxyl groups excluding tert-OH is 1. The van der Waals surface area contributed by atoms with Gasteiger partial charge >= 0.3 is 5.91 Å². The van der Waals surface area contributed by atoms with Gasteiger partial charge in [0.15, 0.2) is 5.13 Å². The van der Waals surface area contributed by atoms with Gasteiger partial charge in [0.05, 0.1) is 12.7 Å². The number of carbonyl (C=O) groups excluding carboxylic acids is 2. The minimum Gasteiger partial charge on any atom is -0.507 e. The molecule has 1 aliphatic heterocycles. The lowest BCUT2D eigenvalue weighted by Gasteiger charge is -2.20. The quantitative estimate of drug-likeness (QED) is 0.411. The normalized spacial score (nSPS) is 18.6. The molecule has 142 valence electrons. The minimum atomic E-state index is -0.911. The number of hydrogen-bond acceptors (Lipinski definition) is 7. The monoisotopic (exact) mass is 396 g/mol. The molecule has 1 N–H and O–H groups in total. The Labute approximate surface area is 164 Å². The highest BCUT2D eigenvalue weighted by molar-refractivity contribution is 7.14. The van der Waals surface area contributed by atoms with E-state index in [4.69, 9.17) is 9.15 Å². The molecular weight excluding hydrogens is 380 g/mol. The lowest BCUT2D eigenvalue weighted by molar-refractivity contribution is -0.132. The van der Waals surface area contributed by atoms with Gasteiger partial charge in [-0.2, -0.15) is 0 Å². The summed E-state index contributed by atoms with van der Waals surface area (Å²) in [6.07, 6.45) is 1.55. The Hall–Kier alpha value is -3.39. The SMILES string of the molecule is COc1cccc(/C(O)=C2\C(=O)C(=O)N(c3nccs3)C2c2ccc(C)o2)c1. The van der Waals surface area contributed by atoms with E-state index in [1.807, 2.05) is 0 Å². The molecule has 0 radical (unpaired) electrons. The van der Waals surface area contributed by atoms with E-state index in [2.05, 4.69) is 4.98 Å². The second kappa shape index (κ2) is 6.97. The van der Waals surface area contributed by atoms with Gasteiger partial charge in [-0.05, 0) is 31.2 Å². The summed E-state index contributed by atoms with van der Waals surface area (Å²) >= 11 is 1.22. The number of ether oxygens (including phenoxy) is 1. The van der Waals surface area contributed by atoms with Crippen LogP contribution >= 0.6 is 11.3 Å². The van der Waals surface area contributed by atoms with E-state index in [-0.39, 0.29) is 11.3 Å². The first-order valence-corrected chi connectivity index (χ1v) is 9.30. The number of thiazole rings is 1. The number of anilines is 1. The van der Waals surface area contributed by atoms with Gasteiger partial charge in [-0.15, -0.1) is 11.3 Å². The van der Waals surface area contributed by atoms with Gasteiger partial charge < -0.3 is 14.3 Å². The maximum absolute atomic E-state index is 12.9. The fourth-order valence-electron chi connectivity index (χ4n) is 3.16. The second-order valence-corrected chi connectivity index (χ2v) is 7.04. The van der Waals surface area contributed by atoms with Crippen LogP contribution in [0.25, 0.3) is 5.76 Å². The first-order valence-electron chi connectivity index (χ1n) is 8.42. The molecule has 1 aromatic carbocycles. The Kier molecular flexibility index (Phi) is 4.48. The number of nitrogens with zero attached hydrogens (tertiary/aromatic N) is 2. The van der Waals surface area contributed by atoms with Crippen LogP contribution < -0.4 is 9.64 Å². The molecular formula is C20H16N2O5S. The maximum Gasteiger partial charge on any atom is 0.302 e. The first kappa shape index (κ1) is 18.0. The topological polar surface area (TPSA) is 92.9 Å². The van der Waals surface area contributed by atoms with Gasteiger partial charge in [0.2, 0.25) is 0 Å². The summed E-state index contributed by atoms with van der Waals surface area (Å²) in [6, 6.07) is 9.16. The molecule has 28 heavy (non-hydrogen) atoms. The number of benzene rings is 1. The van der Waals surface area contributed by atoms with Crippen LogP contribution in [0.3, 0.4) is 0 Å². The Bertz CT molecular complexity index is 1080. The molecule has 0 spiro atoms. The number of aliphatic hydroxyl groups is 1. The van der Waals surface area contributed by atoms with Gasteiger partial charge in [0.1, 0.15) is 29.1 Å². The van der Waals surface area contributed by atoms with Crippen molar-refractivity contribution in [3.05, 3.63) is 70.6 Å². The third-order valence-corrected chi connectivity index (χ3v) is 5.21. The van der Waals surface area contributed by atoms with E-state index < -0.39 is 17.7 Å². The number of aryl methyl sites for hydroxylation is 1. The summed E-state index contributed by atoms with van der Waals surface area (Å²) in [5.41, 5.74) is 0.313. The summed E-state index contributed by atoms with van der Waals surface area (Å²) in [4.78, 5) is 31.1. The largest absolute Gasteiger partial charge is 0.507 e. The van der Waals surface area contributed by atoms with Gasteiger partial charge in [-0.1, -0.05) is 12.1 Å². The van der Waals surface area contributed by atoms with Crippen LogP contribution in [-0.2, 0) is 9.59 Å². The van der Waals surface area contributed by atoms with E-state index in [1.165, 1.54) is 23.3 Å². The highest BCUT2D eigenvalue weighted by Gasteiger charge is 2.49. The zero-order valence-corrected chi connectivity index (χ0v) is 15.9. The van der Waals surface area contributed by atoms with Crippen molar-refractivity contribution >= 4 is 33.9 Å². The summed E-state index contributed by atoms with van der Waals surface area (Å²) in [5.74, 6) is -0.343. The molecule has 1 aliphatic rings. The average Bonchev–Trinajstić information content (AvgIpc) is 3.42. The number of carbonyl (C=O) groups is 2. The Morgan fingerprint density at radius 3 is 2.75 bits per heavy atom. The molecule has 1 amide bonds. The van der Waals surface area contributed by atoms with E-state index in [0.29, 0.717) is 28.0 Å². The smallest absolute Gasteiger partial charge is 0.302 e. The highest BCUT2D eigenvalue weighted by Crippen LogP contribution is 2.43. The van der Waals surface area contributed by atoms with Crippen LogP contribution in [0.5, 0.6) is 5.75 Å². The molecule has 7 nitrogen and oxygen atoms in total. The maximum atomic E-state index is 12.9. The fraction of sp³-hybridized carbons (Fsp3) is 0.150. The van der Waals surface area contributed by atoms with E-state index in [9.17, 15) is 14.7 Å². The molecule has 1 saturated heterocycles. The number of amides is 1. The molecule has 3 aromatic rings. The predicted octanol–water partition coefficient (Wildman–Crippen LogP) is 3.68. The summed E-state index contributed by atoms with van der Waals surface area (Å²) < 4.78 is 10.9. The van der Waals surface area contributed by atoms with E-state index in [0.717, 1.165) is 0 Å². The molecule has 0 aliphatic carbocycles. The third kappa shape index (κ3) is 2.87. The van der Waals surface area contributed by atoms with Crippen molar-refractivity contribution in [2.75, 3.05) is 12.0 Å². The number of Topliss-reactive ketones (excluding diaryl/α,β-unsaturated/α-hetero) is 1. The van der Waals surface area contributed by atoms with Gasteiger partial charge in [-0.3, -0.25) is 14.5 Å². The second-order valence-electron chi connectivity index (χ2n) is 6.16. The number of rotatable bonds is 4. The Balaban J connectivity index is 1.93.